The van der Waals surface area contributed by atoms with E-state index in [1.165, 1.54) is 0 Å². The van der Waals surface area contributed by atoms with Gasteiger partial charge in [-0.15, -0.1) is 0 Å². The van der Waals surface area contributed by atoms with E-state index in [9.17, 15) is 9.90 Å². The molecule has 96 valence electrons. The van der Waals surface area contributed by atoms with E-state index in [2.05, 4.69) is 5.10 Å². The van der Waals surface area contributed by atoms with Gasteiger partial charge in [-0.25, -0.2) is 4.79 Å². The molecule has 0 radical (unpaired) electrons. The standard InChI is InChI=1S/C14H13N3O2/c18-14(19)12-4-1-3-11-5-8-16(13(11)12)9-10-17-7-2-6-15-17/h1-8H,9-10H2,(H,18,19). The van der Waals surface area contributed by atoms with Crippen molar-refractivity contribution in [3.63, 3.8) is 0 Å². The minimum Gasteiger partial charge on any atom is -0.478 e. The fraction of sp³-hybridized carbons (Fsp3) is 0.143. The van der Waals surface area contributed by atoms with Crippen molar-refractivity contribution < 1.29 is 9.90 Å². The summed E-state index contributed by atoms with van der Waals surface area (Å²) < 4.78 is 3.79. The van der Waals surface area contributed by atoms with Crippen LogP contribution in [0.5, 0.6) is 0 Å². The van der Waals surface area contributed by atoms with E-state index in [0.717, 1.165) is 10.9 Å². The second kappa shape index (κ2) is 4.61. The summed E-state index contributed by atoms with van der Waals surface area (Å²) in [7, 11) is 0. The average molecular weight is 255 g/mol. The second-order valence-corrected chi connectivity index (χ2v) is 4.33. The molecule has 0 bridgehead atoms. The van der Waals surface area contributed by atoms with Crippen molar-refractivity contribution in [3.8, 4) is 0 Å². The van der Waals surface area contributed by atoms with Crippen LogP contribution in [-0.4, -0.2) is 25.4 Å². The van der Waals surface area contributed by atoms with E-state index in [1.807, 2.05) is 39.8 Å². The van der Waals surface area contributed by atoms with Gasteiger partial charge in [0.25, 0.3) is 0 Å². The zero-order chi connectivity index (χ0) is 13.2. The molecular formula is C14H13N3O2. The van der Waals surface area contributed by atoms with Crippen molar-refractivity contribution in [2.24, 2.45) is 0 Å². The number of fused-ring (bicyclic) bond motifs is 1. The predicted octanol–water partition coefficient (Wildman–Crippen LogP) is 2.24. The van der Waals surface area contributed by atoms with E-state index < -0.39 is 5.97 Å². The van der Waals surface area contributed by atoms with Crippen molar-refractivity contribution in [1.29, 1.82) is 0 Å². The van der Waals surface area contributed by atoms with E-state index >= 15 is 0 Å². The lowest BCUT2D eigenvalue weighted by atomic mass is 10.1. The normalized spacial score (nSPS) is 10.9. The smallest absolute Gasteiger partial charge is 0.337 e. The van der Waals surface area contributed by atoms with Crippen LogP contribution in [0.15, 0.2) is 48.9 Å². The number of hydrogen-bond acceptors (Lipinski definition) is 2. The first-order valence-corrected chi connectivity index (χ1v) is 6.04. The maximum Gasteiger partial charge on any atom is 0.337 e. The molecule has 0 saturated heterocycles. The van der Waals surface area contributed by atoms with Gasteiger partial charge in [0.2, 0.25) is 0 Å². The predicted molar refractivity (Wildman–Crippen MR) is 71.1 cm³/mol. The number of benzene rings is 1. The largest absolute Gasteiger partial charge is 0.478 e. The van der Waals surface area contributed by atoms with Crippen molar-refractivity contribution >= 4 is 16.9 Å². The Morgan fingerprint density at radius 3 is 2.79 bits per heavy atom. The Balaban J connectivity index is 1.97. The summed E-state index contributed by atoms with van der Waals surface area (Å²) in [5, 5.41) is 14.3. The van der Waals surface area contributed by atoms with Crippen LogP contribution in [0.25, 0.3) is 10.9 Å². The van der Waals surface area contributed by atoms with Crippen LogP contribution in [0.2, 0.25) is 0 Å². The number of carbonyl (C=O) groups is 1. The molecule has 0 aliphatic rings. The van der Waals surface area contributed by atoms with Gasteiger partial charge in [-0.05, 0) is 18.2 Å². The molecule has 0 atom stereocenters. The third-order valence-corrected chi connectivity index (χ3v) is 3.15. The Labute approximate surface area is 109 Å². The molecular weight excluding hydrogens is 242 g/mol. The van der Waals surface area contributed by atoms with Crippen molar-refractivity contribution in [2.45, 2.75) is 13.1 Å². The molecule has 2 heterocycles. The lowest BCUT2D eigenvalue weighted by Gasteiger charge is -2.08. The molecule has 1 N–H and O–H groups in total. The quantitative estimate of drug-likeness (QED) is 0.777. The monoisotopic (exact) mass is 255 g/mol. The van der Waals surface area contributed by atoms with Gasteiger partial charge in [0.05, 0.1) is 17.6 Å². The molecule has 5 nitrogen and oxygen atoms in total. The number of rotatable bonds is 4. The van der Waals surface area contributed by atoms with E-state index in [1.54, 1.807) is 18.3 Å². The van der Waals surface area contributed by atoms with Gasteiger partial charge in [-0.1, -0.05) is 12.1 Å². The van der Waals surface area contributed by atoms with Crippen molar-refractivity contribution in [1.82, 2.24) is 14.3 Å². The van der Waals surface area contributed by atoms with Crippen molar-refractivity contribution in [3.05, 3.63) is 54.5 Å². The van der Waals surface area contributed by atoms with Gasteiger partial charge >= 0.3 is 5.97 Å². The number of nitrogens with zero attached hydrogens (tertiary/aromatic N) is 3. The van der Waals surface area contributed by atoms with Crippen molar-refractivity contribution in [2.75, 3.05) is 0 Å². The number of aromatic carboxylic acids is 1. The fourth-order valence-electron chi connectivity index (χ4n) is 2.26. The van der Waals surface area contributed by atoms with Gasteiger partial charge in [0.15, 0.2) is 0 Å². The number of hydrogen-bond donors (Lipinski definition) is 1. The number of carboxylic acids is 1. The summed E-state index contributed by atoms with van der Waals surface area (Å²) >= 11 is 0. The number of carboxylic acid groups (broad SMARTS) is 1. The Morgan fingerprint density at radius 2 is 2.05 bits per heavy atom. The molecule has 0 fully saturated rings. The van der Waals surface area contributed by atoms with Crippen LogP contribution in [-0.2, 0) is 13.1 Å². The zero-order valence-electron chi connectivity index (χ0n) is 10.2. The SMILES string of the molecule is O=C(O)c1cccc2ccn(CCn3cccn3)c12. The minimum absolute atomic E-state index is 0.336. The summed E-state index contributed by atoms with van der Waals surface area (Å²) in [4.78, 5) is 11.3. The highest BCUT2D eigenvalue weighted by Crippen LogP contribution is 2.20. The van der Waals surface area contributed by atoms with E-state index in [0.29, 0.717) is 18.7 Å². The molecule has 3 aromatic rings. The van der Waals surface area contributed by atoms with Crippen LogP contribution in [0.3, 0.4) is 0 Å². The first-order chi connectivity index (χ1) is 9.25. The molecule has 0 amide bonds. The average Bonchev–Trinajstić information content (AvgIpc) is 3.05. The maximum absolute atomic E-state index is 11.3. The van der Waals surface area contributed by atoms with Gasteiger partial charge in [-0.3, -0.25) is 4.68 Å². The van der Waals surface area contributed by atoms with E-state index in [4.69, 9.17) is 0 Å². The highest BCUT2D eigenvalue weighted by molar-refractivity contribution is 6.02. The summed E-state index contributed by atoms with van der Waals surface area (Å²) in [5.41, 5.74) is 1.10. The van der Waals surface area contributed by atoms with Gasteiger partial charge in [0.1, 0.15) is 0 Å². The van der Waals surface area contributed by atoms with Gasteiger partial charge in [-0.2, -0.15) is 5.10 Å². The molecule has 0 unspecified atom stereocenters. The van der Waals surface area contributed by atoms with E-state index in [-0.39, 0.29) is 0 Å². The Bertz CT molecular complexity index is 713. The van der Waals surface area contributed by atoms with Gasteiger partial charge < -0.3 is 9.67 Å². The molecule has 3 rings (SSSR count). The minimum atomic E-state index is -0.898. The Morgan fingerprint density at radius 1 is 1.16 bits per heavy atom. The topological polar surface area (TPSA) is 60.0 Å². The first-order valence-electron chi connectivity index (χ1n) is 6.04. The van der Waals surface area contributed by atoms with Crippen LogP contribution >= 0.6 is 0 Å². The van der Waals surface area contributed by atoms with Crippen LogP contribution < -0.4 is 0 Å². The van der Waals surface area contributed by atoms with Crippen LogP contribution in [0.1, 0.15) is 10.4 Å². The zero-order valence-corrected chi connectivity index (χ0v) is 10.2. The third kappa shape index (κ3) is 2.10. The maximum atomic E-state index is 11.3. The molecule has 19 heavy (non-hydrogen) atoms. The lowest BCUT2D eigenvalue weighted by molar-refractivity contribution is 0.0698. The fourth-order valence-corrected chi connectivity index (χ4v) is 2.26. The highest BCUT2D eigenvalue weighted by Gasteiger charge is 2.11. The molecule has 0 aliphatic carbocycles. The molecule has 0 spiro atoms. The molecule has 1 aromatic carbocycles. The highest BCUT2D eigenvalue weighted by atomic mass is 16.4. The summed E-state index contributed by atoms with van der Waals surface area (Å²) in [5.74, 6) is -0.898. The summed E-state index contributed by atoms with van der Waals surface area (Å²) in [6.45, 7) is 1.40. The summed E-state index contributed by atoms with van der Waals surface area (Å²) in [6, 6.07) is 9.13. The number of para-hydroxylation sites is 1. The van der Waals surface area contributed by atoms with Gasteiger partial charge in [0, 0.05) is 30.5 Å². The molecule has 2 aromatic heterocycles. The Hall–Kier alpha value is -2.56. The number of aryl methyl sites for hydroxylation is 2. The van der Waals surface area contributed by atoms with Crippen LogP contribution in [0.4, 0.5) is 0 Å². The lowest BCUT2D eigenvalue weighted by Crippen LogP contribution is -2.09. The van der Waals surface area contributed by atoms with Crippen LogP contribution in [0, 0.1) is 0 Å². The summed E-state index contributed by atoms with van der Waals surface area (Å²) in [6.07, 6.45) is 5.54. The second-order valence-electron chi connectivity index (χ2n) is 4.33. The number of aromatic nitrogens is 3. The first kappa shape index (κ1) is 11.5. The molecule has 5 heteroatoms. The third-order valence-electron chi connectivity index (χ3n) is 3.15. The molecule has 0 saturated carbocycles. The molecule has 0 aliphatic heterocycles. The Kier molecular flexibility index (Phi) is 2.79.